The van der Waals surface area contributed by atoms with Gasteiger partial charge in [-0.25, -0.2) is 0 Å². The first-order valence-electron chi connectivity index (χ1n) is 9.89. The molecular formula is C23H20ClN5O. The Morgan fingerprint density at radius 2 is 1.67 bits per heavy atom. The van der Waals surface area contributed by atoms with Crippen LogP contribution in [0.2, 0.25) is 5.02 Å². The number of pyridine rings is 1. The summed E-state index contributed by atoms with van der Waals surface area (Å²) in [5.41, 5.74) is 3.34. The van der Waals surface area contributed by atoms with E-state index in [2.05, 4.69) is 27.2 Å². The van der Waals surface area contributed by atoms with Gasteiger partial charge >= 0.3 is 0 Å². The van der Waals surface area contributed by atoms with Gasteiger partial charge in [-0.05, 0) is 36.4 Å². The molecule has 2 aromatic heterocycles. The van der Waals surface area contributed by atoms with E-state index in [1.165, 1.54) is 5.69 Å². The van der Waals surface area contributed by atoms with Gasteiger partial charge in [-0.15, -0.1) is 10.2 Å². The fourth-order valence-electron chi connectivity index (χ4n) is 3.84. The molecular weight excluding hydrogens is 398 g/mol. The van der Waals surface area contributed by atoms with Gasteiger partial charge in [0.05, 0.1) is 0 Å². The number of piperazine rings is 1. The number of aromatic nitrogens is 3. The molecule has 1 aliphatic heterocycles. The van der Waals surface area contributed by atoms with Crippen LogP contribution < -0.4 is 4.90 Å². The summed E-state index contributed by atoms with van der Waals surface area (Å²) < 4.78 is 1.87. The van der Waals surface area contributed by atoms with E-state index in [0.29, 0.717) is 35.1 Å². The van der Waals surface area contributed by atoms with Crippen molar-refractivity contribution < 1.29 is 4.79 Å². The number of para-hydroxylation sites is 1. The van der Waals surface area contributed by atoms with Gasteiger partial charge in [-0.1, -0.05) is 41.9 Å². The van der Waals surface area contributed by atoms with Crippen LogP contribution in [0.5, 0.6) is 0 Å². The van der Waals surface area contributed by atoms with E-state index in [0.717, 1.165) is 18.7 Å². The number of carbonyl (C=O) groups is 1. The molecule has 0 unspecified atom stereocenters. The predicted molar refractivity (Wildman–Crippen MR) is 118 cm³/mol. The maximum atomic E-state index is 13.0. The zero-order chi connectivity index (χ0) is 20.5. The highest BCUT2D eigenvalue weighted by molar-refractivity contribution is 6.30. The Morgan fingerprint density at radius 1 is 0.867 bits per heavy atom. The largest absolute Gasteiger partial charge is 0.368 e. The molecule has 1 fully saturated rings. The standard InChI is InChI=1S/C23H20ClN5O/c24-19-6-4-5-17(15-19)22-26-25-21-16-18(9-10-29(21)22)23(30)28-13-11-27(12-14-28)20-7-2-1-3-8-20/h1-10,15-16H,11-14H2. The van der Waals surface area contributed by atoms with Gasteiger partial charge in [-0.3, -0.25) is 9.20 Å². The molecule has 3 heterocycles. The minimum absolute atomic E-state index is 0.0255. The molecule has 4 aromatic rings. The van der Waals surface area contributed by atoms with Crippen LogP contribution in [0.1, 0.15) is 10.4 Å². The van der Waals surface area contributed by atoms with Crippen LogP contribution in [0.15, 0.2) is 72.9 Å². The minimum atomic E-state index is 0.0255. The van der Waals surface area contributed by atoms with Gasteiger partial charge in [-0.2, -0.15) is 0 Å². The molecule has 2 aromatic carbocycles. The van der Waals surface area contributed by atoms with Crippen LogP contribution in [0.25, 0.3) is 17.0 Å². The maximum absolute atomic E-state index is 13.0. The first-order chi connectivity index (χ1) is 14.7. The number of fused-ring (bicyclic) bond motifs is 1. The van der Waals surface area contributed by atoms with Crippen LogP contribution in [0.3, 0.4) is 0 Å². The number of hydrogen-bond donors (Lipinski definition) is 0. The molecule has 30 heavy (non-hydrogen) atoms. The normalized spacial score (nSPS) is 14.3. The second kappa shape index (κ2) is 7.80. The lowest BCUT2D eigenvalue weighted by Gasteiger charge is -2.36. The van der Waals surface area contributed by atoms with E-state index < -0.39 is 0 Å². The van der Waals surface area contributed by atoms with Crippen molar-refractivity contribution in [2.24, 2.45) is 0 Å². The SMILES string of the molecule is O=C(c1ccn2c(-c3cccc(Cl)c3)nnc2c1)N1CCN(c2ccccc2)CC1. The van der Waals surface area contributed by atoms with E-state index >= 15 is 0 Å². The van der Waals surface area contributed by atoms with Gasteiger partial charge in [0.2, 0.25) is 0 Å². The summed E-state index contributed by atoms with van der Waals surface area (Å²) in [6, 6.07) is 21.4. The third-order valence-corrected chi connectivity index (χ3v) is 5.66. The fourth-order valence-corrected chi connectivity index (χ4v) is 4.03. The Kier molecular flexibility index (Phi) is 4.85. The van der Waals surface area contributed by atoms with Gasteiger partial charge in [0.1, 0.15) is 0 Å². The highest BCUT2D eigenvalue weighted by Gasteiger charge is 2.23. The number of rotatable bonds is 3. The molecule has 0 radical (unpaired) electrons. The number of amides is 1. The Morgan fingerprint density at radius 3 is 2.43 bits per heavy atom. The van der Waals surface area contributed by atoms with Crippen LogP contribution in [0.4, 0.5) is 5.69 Å². The molecule has 1 aliphatic rings. The van der Waals surface area contributed by atoms with Crippen LogP contribution in [-0.2, 0) is 0 Å². The van der Waals surface area contributed by atoms with Crippen LogP contribution >= 0.6 is 11.6 Å². The summed E-state index contributed by atoms with van der Waals surface area (Å²) >= 11 is 6.10. The number of nitrogens with zero attached hydrogens (tertiary/aromatic N) is 5. The number of benzene rings is 2. The minimum Gasteiger partial charge on any atom is -0.368 e. The third kappa shape index (κ3) is 3.50. The van der Waals surface area contributed by atoms with E-state index in [-0.39, 0.29) is 5.91 Å². The molecule has 0 spiro atoms. The summed E-state index contributed by atoms with van der Waals surface area (Å²) in [6.45, 7) is 3.03. The second-order valence-electron chi connectivity index (χ2n) is 7.29. The average molecular weight is 418 g/mol. The van der Waals surface area contributed by atoms with Crippen molar-refractivity contribution in [2.75, 3.05) is 31.1 Å². The topological polar surface area (TPSA) is 53.7 Å². The van der Waals surface area contributed by atoms with E-state index in [4.69, 9.17) is 11.6 Å². The molecule has 150 valence electrons. The molecule has 7 heteroatoms. The maximum Gasteiger partial charge on any atom is 0.254 e. The Hall–Kier alpha value is -3.38. The summed E-state index contributed by atoms with van der Waals surface area (Å²) in [4.78, 5) is 17.3. The number of carbonyl (C=O) groups excluding carboxylic acids is 1. The highest BCUT2D eigenvalue weighted by atomic mass is 35.5. The molecule has 6 nitrogen and oxygen atoms in total. The highest BCUT2D eigenvalue weighted by Crippen LogP contribution is 2.23. The molecule has 0 atom stereocenters. The Balaban J connectivity index is 1.34. The number of halogens is 1. The van der Waals surface area contributed by atoms with E-state index in [1.807, 2.05) is 64.0 Å². The fraction of sp³-hybridized carbons (Fsp3) is 0.174. The van der Waals surface area contributed by atoms with Crippen molar-refractivity contribution in [1.29, 1.82) is 0 Å². The quantitative estimate of drug-likeness (QED) is 0.505. The second-order valence-corrected chi connectivity index (χ2v) is 7.73. The van der Waals surface area contributed by atoms with Crippen molar-refractivity contribution in [1.82, 2.24) is 19.5 Å². The first kappa shape index (κ1) is 18.6. The Labute approximate surface area is 179 Å². The van der Waals surface area contributed by atoms with Crippen molar-refractivity contribution in [3.63, 3.8) is 0 Å². The van der Waals surface area contributed by atoms with Crippen molar-refractivity contribution in [3.05, 3.63) is 83.5 Å². The van der Waals surface area contributed by atoms with Gasteiger partial charge in [0.25, 0.3) is 5.91 Å². The first-order valence-corrected chi connectivity index (χ1v) is 10.3. The zero-order valence-corrected chi connectivity index (χ0v) is 17.0. The average Bonchev–Trinajstić information content (AvgIpc) is 3.23. The summed E-state index contributed by atoms with van der Waals surface area (Å²) in [6.07, 6.45) is 1.85. The number of anilines is 1. The molecule has 1 saturated heterocycles. The smallest absolute Gasteiger partial charge is 0.254 e. The van der Waals surface area contributed by atoms with Gasteiger partial charge in [0, 0.05) is 54.2 Å². The molecule has 5 rings (SSSR count). The van der Waals surface area contributed by atoms with Gasteiger partial charge in [0.15, 0.2) is 11.5 Å². The molecule has 0 saturated carbocycles. The Bertz CT molecular complexity index is 1200. The third-order valence-electron chi connectivity index (χ3n) is 5.43. The lowest BCUT2D eigenvalue weighted by atomic mass is 10.2. The molecule has 0 N–H and O–H groups in total. The summed E-state index contributed by atoms with van der Waals surface area (Å²) in [5.74, 6) is 0.723. The predicted octanol–water partition coefficient (Wildman–Crippen LogP) is 4.01. The van der Waals surface area contributed by atoms with Crippen LogP contribution in [0, 0.1) is 0 Å². The monoisotopic (exact) mass is 417 g/mol. The number of hydrogen-bond acceptors (Lipinski definition) is 4. The lowest BCUT2D eigenvalue weighted by molar-refractivity contribution is 0.0747. The van der Waals surface area contributed by atoms with Crippen LogP contribution in [-0.4, -0.2) is 51.6 Å². The molecule has 0 aliphatic carbocycles. The van der Waals surface area contributed by atoms with Crippen molar-refractivity contribution in [3.8, 4) is 11.4 Å². The lowest BCUT2D eigenvalue weighted by Crippen LogP contribution is -2.48. The summed E-state index contributed by atoms with van der Waals surface area (Å²) in [7, 11) is 0. The van der Waals surface area contributed by atoms with E-state index in [1.54, 1.807) is 6.07 Å². The summed E-state index contributed by atoms with van der Waals surface area (Å²) in [5, 5.41) is 9.19. The zero-order valence-electron chi connectivity index (χ0n) is 16.3. The van der Waals surface area contributed by atoms with Crippen molar-refractivity contribution in [2.45, 2.75) is 0 Å². The molecule has 0 bridgehead atoms. The van der Waals surface area contributed by atoms with Gasteiger partial charge < -0.3 is 9.80 Å². The molecule has 1 amide bonds. The van der Waals surface area contributed by atoms with Crippen molar-refractivity contribution >= 4 is 28.8 Å². The van der Waals surface area contributed by atoms with E-state index in [9.17, 15) is 4.79 Å².